The first-order valence-corrected chi connectivity index (χ1v) is 8.64. The van der Waals surface area contributed by atoms with Gasteiger partial charge in [0.05, 0.1) is 18.0 Å². The zero-order chi connectivity index (χ0) is 18.5. The number of hydrogen-bond donors (Lipinski definition) is 3. The van der Waals surface area contributed by atoms with Crippen LogP contribution in [0.3, 0.4) is 0 Å². The number of rotatable bonds is 6. The molecule has 2 aromatic heterocycles. The van der Waals surface area contributed by atoms with Gasteiger partial charge in [-0.15, -0.1) is 0 Å². The van der Waals surface area contributed by atoms with E-state index in [1.807, 2.05) is 56.3 Å². The Labute approximate surface area is 157 Å². The van der Waals surface area contributed by atoms with E-state index in [4.69, 9.17) is 11.6 Å². The van der Waals surface area contributed by atoms with Crippen LogP contribution in [0.1, 0.15) is 12.5 Å². The summed E-state index contributed by atoms with van der Waals surface area (Å²) in [6, 6.07) is 12.9. The van der Waals surface area contributed by atoms with Gasteiger partial charge in [0.1, 0.15) is 5.82 Å². The van der Waals surface area contributed by atoms with Crippen LogP contribution >= 0.6 is 11.6 Å². The van der Waals surface area contributed by atoms with Gasteiger partial charge in [-0.25, -0.2) is 4.98 Å². The van der Waals surface area contributed by atoms with Crippen molar-refractivity contribution >= 4 is 29.1 Å². The molecule has 6 nitrogen and oxygen atoms in total. The number of anilines is 3. The smallest absolute Gasteiger partial charge is 0.225 e. The summed E-state index contributed by atoms with van der Waals surface area (Å²) in [4.78, 5) is 13.4. The van der Waals surface area contributed by atoms with Crippen LogP contribution in [0.25, 0.3) is 11.4 Å². The van der Waals surface area contributed by atoms with Crippen molar-refractivity contribution in [3.8, 4) is 11.4 Å². The Balaban J connectivity index is 2.00. The van der Waals surface area contributed by atoms with Crippen LogP contribution in [-0.4, -0.2) is 32.7 Å². The SMILES string of the molecule is Cc1ccc(Cl)cc1Nc1cc(-c2ccccn2)nc(N[C@@H](C)CO)n1. The maximum Gasteiger partial charge on any atom is 0.225 e. The normalized spacial score (nSPS) is 11.8. The van der Waals surface area contributed by atoms with E-state index in [2.05, 4.69) is 25.6 Å². The highest BCUT2D eigenvalue weighted by Crippen LogP contribution is 2.26. The maximum absolute atomic E-state index is 9.29. The number of aliphatic hydroxyl groups excluding tert-OH is 1. The van der Waals surface area contributed by atoms with Crippen molar-refractivity contribution in [2.24, 2.45) is 0 Å². The van der Waals surface area contributed by atoms with Crippen molar-refractivity contribution in [1.29, 1.82) is 0 Å². The van der Waals surface area contributed by atoms with Gasteiger partial charge in [0, 0.05) is 29.0 Å². The molecule has 0 spiro atoms. The average molecular weight is 370 g/mol. The molecule has 0 saturated carbocycles. The third-order valence-corrected chi connectivity index (χ3v) is 4.00. The maximum atomic E-state index is 9.29. The lowest BCUT2D eigenvalue weighted by atomic mass is 10.2. The second-order valence-corrected chi connectivity index (χ2v) is 6.43. The summed E-state index contributed by atoms with van der Waals surface area (Å²) in [5.74, 6) is 1.02. The van der Waals surface area contributed by atoms with Crippen molar-refractivity contribution in [3.63, 3.8) is 0 Å². The molecule has 1 atom stereocenters. The summed E-state index contributed by atoms with van der Waals surface area (Å²) in [6.45, 7) is 3.82. The van der Waals surface area contributed by atoms with Gasteiger partial charge in [-0.1, -0.05) is 23.7 Å². The minimum absolute atomic E-state index is 0.0205. The van der Waals surface area contributed by atoms with E-state index < -0.39 is 0 Å². The van der Waals surface area contributed by atoms with Crippen LogP contribution in [0.5, 0.6) is 0 Å². The molecule has 1 aromatic carbocycles. The Morgan fingerprint density at radius 1 is 1.12 bits per heavy atom. The van der Waals surface area contributed by atoms with Crippen molar-refractivity contribution in [2.45, 2.75) is 19.9 Å². The number of aryl methyl sites for hydroxylation is 1. The molecule has 0 unspecified atom stereocenters. The van der Waals surface area contributed by atoms with E-state index in [0.717, 1.165) is 16.9 Å². The molecule has 0 aliphatic carbocycles. The van der Waals surface area contributed by atoms with Crippen molar-refractivity contribution in [2.75, 3.05) is 17.2 Å². The summed E-state index contributed by atoms with van der Waals surface area (Å²) in [5, 5.41) is 16.3. The number of hydrogen-bond acceptors (Lipinski definition) is 6. The highest BCUT2D eigenvalue weighted by Gasteiger charge is 2.11. The molecule has 0 aliphatic rings. The fraction of sp³-hybridized carbons (Fsp3) is 0.211. The molecule has 3 aromatic rings. The van der Waals surface area contributed by atoms with Crippen LogP contribution in [0.4, 0.5) is 17.5 Å². The molecule has 7 heteroatoms. The Bertz CT molecular complexity index is 888. The number of benzene rings is 1. The van der Waals surface area contributed by atoms with E-state index in [1.165, 1.54) is 0 Å². The molecule has 0 fully saturated rings. The predicted molar refractivity (Wildman–Crippen MR) is 105 cm³/mol. The molecule has 0 amide bonds. The quantitative estimate of drug-likeness (QED) is 0.608. The van der Waals surface area contributed by atoms with Crippen LogP contribution in [0.2, 0.25) is 5.02 Å². The van der Waals surface area contributed by atoms with Gasteiger partial charge in [-0.3, -0.25) is 4.98 Å². The summed E-state index contributed by atoms with van der Waals surface area (Å²) in [6.07, 6.45) is 1.72. The topological polar surface area (TPSA) is 83.0 Å². The van der Waals surface area contributed by atoms with Gasteiger partial charge in [0.15, 0.2) is 0 Å². The lowest BCUT2D eigenvalue weighted by Gasteiger charge is -2.15. The first kappa shape index (κ1) is 18.1. The summed E-state index contributed by atoms with van der Waals surface area (Å²) < 4.78 is 0. The third-order valence-electron chi connectivity index (χ3n) is 3.77. The van der Waals surface area contributed by atoms with Crippen LogP contribution in [-0.2, 0) is 0 Å². The molecule has 0 saturated heterocycles. The predicted octanol–water partition coefficient (Wildman–Crippen LogP) is 4.04. The van der Waals surface area contributed by atoms with Gasteiger partial charge >= 0.3 is 0 Å². The fourth-order valence-electron chi connectivity index (χ4n) is 2.35. The van der Waals surface area contributed by atoms with Crippen molar-refractivity contribution in [3.05, 3.63) is 59.2 Å². The Kier molecular flexibility index (Phi) is 5.65. The van der Waals surface area contributed by atoms with E-state index in [9.17, 15) is 5.11 Å². The Morgan fingerprint density at radius 3 is 2.69 bits per heavy atom. The summed E-state index contributed by atoms with van der Waals surface area (Å²) in [7, 11) is 0. The molecule has 0 bridgehead atoms. The minimum atomic E-state index is -0.172. The van der Waals surface area contributed by atoms with Gasteiger partial charge in [-0.2, -0.15) is 4.98 Å². The number of aromatic nitrogens is 3. The molecule has 134 valence electrons. The lowest BCUT2D eigenvalue weighted by Crippen LogP contribution is -2.21. The number of pyridine rings is 1. The average Bonchev–Trinajstić information content (AvgIpc) is 2.65. The largest absolute Gasteiger partial charge is 0.394 e. The number of nitrogens with zero attached hydrogens (tertiary/aromatic N) is 3. The van der Waals surface area contributed by atoms with Crippen LogP contribution in [0.15, 0.2) is 48.7 Å². The fourth-order valence-corrected chi connectivity index (χ4v) is 2.53. The van der Waals surface area contributed by atoms with E-state index >= 15 is 0 Å². The molecular formula is C19H20ClN5O. The van der Waals surface area contributed by atoms with E-state index in [0.29, 0.717) is 22.5 Å². The molecule has 26 heavy (non-hydrogen) atoms. The minimum Gasteiger partial charge on any atom is -0.394 e. The van der Waals surface area contributed by atoms with Gasteiger partial charge in [-0.05, 0) is 43.7 Å². The van der Waals surface area contributed by atoms with Gasteiger partial charge in [0.25, 0.3) is 0 Å². The zero-order valence-electron chi connectivity index (χ0n) is 14.6. The van der Waals surface area contributed by atoms with E-state index in [-0.39, 0.29) is 12.6 Å². The lowest BCUT2D eigenvalue weighted by molar-refractivity contribution is 0.281. The summed E-state index contributed by atoms with van der Waals surface area (Å²) >= 11 is 6.11. The standard InChI is InChI=1S/C19H20ClN5O/c1-12-6-7-14(20)9-16(12)23-18-10-17(15-5-3-4-8-21-15)24-19(25-18)22-13(2)11-26/h3-10,13,26H,11H2,1-2H3,(H2,22,23,24,25)/t13-/m0/s1. The van der Waals surface area contributed by atoms with E-state index in [1.54, 1.807) is 6.20 Å². The first-order valence-electron chi connectivity index (χ1n) is 8.26. The van der Waals surface area contributed by atoms with Gasteiger partial charge < -0.3 is 15.7 Å². The molecular weight excluding hydrogens is 350 g/mol. The number of aliphatic hydroxyl groups is 1. The van der Waals surface area contributed by atoms with Gasteiger partial charge in [0.2, 0.25) is 5.95 Å². The monoisotopic (exact) mass is 369 g/mol. The second kappa shape index (κ2) is 8.12. The first-order chi connectivity index (χ1) is 12.5. The van der Waals surface area contributed by atoms with Crippen molar-refractivity contribution in [1.82, 2.24) is 15.0 Å². The number of nitrogens with one attached hydrogen (secondary N) is 2. The Hall–Kier alpha value is -2.70. The summed E-state index contributed by atoms with van der Waals surface area (Å²) in [5.41, 5.74) is 3.32. The van der Waals surface area contributed by atoms with Crippen molar-refractivity contribution < 1.29 is 5.11 Å². The molecule has 3 rings (SSSR count). The van der Waals surface area contributed by atoms with Crippen LogP contribution in [0, 0.1) is 6.92 Å². The molecule has 2 heterocycles. The molecule has 0 radical (unpaired) electrons. The van der Waals surface area contributed by atoms with Crippen LogP contribution < -0.4 is 10.6 Å². The zero-order valence-corrected chi connectivity index (χ0v) is 15.3. The Morgan fingerprint density at radius 2 is 1.96 bits per heavy atom. The highest BCUT2D eigenvalue weighted by atomic mass is 35.5. The molecule has 0 aliphatic heterocycles. The second-order valence-electron chi connectivity index (χ2n) is 5.99. The highest BCUT2D eigenvalue weighted by molar-refractivity contribution is 6.30. The molecule has 3 N–H and O–H groups in total. The third kappa shape index (κ3) is 4.47. The number of halogens is 1.